The van der Waals surface area contributed by atoms with E-state index in [4.69, 9.17) is 15.3 Å². The maximum absolute atomic E-state index is 5.69. The summed E-state index contributed by atoms with van der Waals surface area (Å²) in [7, 11) is 1.69. The molecule has 19 heavy (non-hydrogen) atoms. The summed E-state index contributed by atoms with van der Waals surface area (Å²) in [5.41, 5.74) is 4.02. The summed E-state index contributed by atoms with van der Waals surface area (Å²) >= 11 is 0. The van der Waals surface area contributed by atoms with E-state index in [0.29, 0.717) is 6.10 Å². The zero-order chi connectivity index (χ0) is 13.5. The van der Waals surface area contributed by atoms with Gasteiger partial charge in [-0.2, -0.15) is 0 Å². The Morgan fingerprint density at radius 3 is 3.00 bits per heavy atom. The van der Waals surface area contributed by atoms with E-state index in [2.05, 4.69) is 11.5 Å². The zero-order valence-corrected chi connectivity index (χ0v) is 11.6. The number of methoxy groups -OCH3 is 1. The van der Waals surface area contributed by atoms with Crippen LogP contribution in [-0.2, 0) is 4.74 Å². The van der Waals surface area contributed by atoms with Crippen molar-refractivity contribution in [3.8, 4) is 5.75 Å². The van der Waals surface area contributed by atoms with Gasteiger partial charge in [0.25, 0.3) is 0 Å². The Kier molecular flexibility index (Phi) is 5.63. The monoisotopic (exact) mass is 264 g/mol. The molecule has 1 aliphatic heterocycles. The minimum absolute atomic E-state index is 0.137. The number of benzene rings is 1. The lowest BCUT2D eigenvalue weighted by atomic mass is 9.99. The molecule has 1 saturated heterocycles. The summed E-state index contributed by atoms with van der Waals surface area (Å²) in [5, 5.41) is 0. The summed E-state index contributed by atoms with van der Waals surface area (Å²) < 4.78 is 11.0. The molecule has 1 aromatic carbocycles. The van der Waals surface area contributed by atoms with Crippen LogP contribution in [0.4, 0.5) is 0 Å². The van der Waals surface area contributed by atoms with Gasteiger partial charge in [0.1, 0.15) is 5.75 Å². The second-order valence-electron chi connectivity index (χ2n) is 5.03. The topological polar surface area (TPSA) is 56.5 Å². The second-order valence-corrected chi connectivity index (χ2v) is 5.03. The quantitative estimate of drug-likeness (QED) is 0.587. The molecule has 0 saturated carbocycles. The molecule has 1 heterocycles. The van der Waals surface area contributed by atoms with Crippen molar-refractivity contribution < 1.29 is 9.47 Å². The Morgan fingerprint density at radius 1 is 1.47 bits per heavy atom. The van der Waals surface area contributed by atoms with Crippen molar-refractivity contribution in [1.82, 2.24) is 5.43 Å². The predicted octanol–water partition coefficient (Wildman–Crippen LogP) is 2.55. The number of hydrogen-bond donors (Lipinski definition) is 2. The van der Waals surface area contributed by atoms with Gasteiger partial charge in [-0.3, -0.25) is 11.3 Å². The van der Waals surface area contributed by atoms with Crippen LogP contribution in [0.2, 0.25) is 0 Å². The van der Waals surface area contributed by atoms with Gasteiger partial charge in [-0.1, -0.05) is 18.2 Å². The van der Waals surface area contributed by atoms with E-state index in [1.807, 2.05) is 18.2 Å². The van der Waals surface area contributed by atoms with Crippen molar-refractivity contribution in [3.05, 3.63) is 29.8 Å². The van der Waals surface area contributed by atoms with Crippen molar-refractivity contribution in [1.29, 1.82) is 0 Å². The van der Waals surface area contributed by atoms with Gasteiger partial charge in [0.05, 0.1) is 13.2 Å². The van der Waals surface area contributed by atoms with E-state index in [-0.39, 0.29) is 6.04 Å². The lowest BCUT2D eigenvalue weighted by molar-refractivity contribution is 0.101. The van der Waals surface area contributed by atoms with Crippen LogP contribution in [0.15, 0.2) is 24.3 Å². The number of ether oxygens (including phenoxy) is 2. The highest BCUT2D eigenvalue weighted by molar-refractivity contribution is 5.35. The molecule has 2 unspecified atom stereocenters. The third-order valence-corrected chi connectivity index (χ3v) is 3.76. The van der Waals surface area contributed by atoms with E-state index >= 15 is 0 Å². The van der Waals surface area contributed by atoms with Gasteiger partial charge in [0, 0.05) is 18.2 Å². The SMILES string of the molecule is COc1ccccc1C(CCCC1CCCO1)NN. The Balaban J connectivity index is 1.88. The number of rotatable bonds is 7. The first kappa shape index (κ1) is 14.3. The molecule has 2 rings (SSSR count). The first-order chi connectivity index (χ1) is 9.35. The molecule has 0 aliphatic carbocycles. The molecule has 0 radical (unpaired) electrons. The molecule has 2 atom stereocenters. The fraction of sp³-hybridized carbons (Fsp3) is 0.600. The largest absolute Gasteiger partial charge is 0.496 e. The van der Waals surface area contributed by atoms with Crippen LogP contribution >= 0.6 is 0 Å². The first-order valence-corrected chi connectivity index (χ1v) is 7.05. The highest BCUT2D eigenvalue weighted by Gasteiger charge is 2.18. The molecule has 1 fully saturated rings. The average Bonchev–Trinajstić information content (AvgIpc) is 2.97. The summed E-state index contributed by atoms with van der Waals surface area (Å²) in [6.07, 6.45) is 6.09. The molecule has 4 heteroatoms. The van der Waals surface area contributed by atoms with E-state index in [1.165, 1.54) is 12.8 Å². The molecule has 0 aromatic heterocycles. The Morgan fingerprint density at radius 2 is 2.32 bits per heavy atom. The van der Waals surface area contributed by atoms with Crippen molar-refractivity contribution in [3.63, 3.8) is 0 Å². The third kappa shape index (κ3) is 3.93. The smallest absolute Gasteiger partial charge is 0.123 e. The van der Waals surface area contributed by atoms with E-state index in [1.54, 1.807) is 7.11 Å². The van der Waals surface area contributed by atoms with Crippen LogP contribution in [0.5, 0.6) is 5.75 Å². The van der Waals surface area contributed by atoms with Crippen LogP contribution in [-0.4, -0.2) is 19.8 Å². The van der Waals surface area contributed by atoms with Crippen molar-refractivity contribution >= 4 is 0 Å². The normalized spacial score (nSPS) is 20.4. The van der Waals surface area contributed by atoms with E-state index in [9.17, 15) is 0 Å². The molecular weight excluding hydrogens is 240 g/mol. The predicted molar refractivity (Wildman–Crippen MR) is 75.9 cm³/mol. The lowest BCUT2D eigenvalue weighted by Crippen LogP contribution is -2.28. The Labute approximate surface area is 115 Å². The number of hydrazine groups is 1. The zero-order valence-electron chi connectivity index (χ0n) is 11.6. The number of hydrogen-bond acceptors (Lipinski definition) is 4. The minimum atomic E-state index is 0.137. The average molecular weight is 264 g/mol. The van der Waals surface area contributed by atoms with Gasteiger partial charge in [-0.15, -0.1) is 0 Å². The van der Waals surface area contributed by atoms with Gasteiger partial charge in [-0.05, 0) is 38.2 Å². The van der Waals surface area contributed by atoms with Gasteiger partial charge in [-0.25, -0.2) is 0 Å². The van der Waals surface area contributed by atoms with Crippen LogP contribution in [0.1, 0.15) is 43.7 Å². The van der Waals surface area contributed by atoms with Gasteiger partial charge in [0.15, 0.2) is 0 Å². The van der Waals surface area contributed by atoms with Gasteiger partial charge in [0.2, 0.25) is 0 Å². The molecular formula is C15H24N2O2. The maximum atomic E-state index is 5.69. The molecule has 4 nitrogen and oxygen atoms in total. The summed E-state index contributed by atoms with van der Waals surface area (Å²) in [4.78, 5) is 0. The minimum Gasteiger partial charge on any atom is -0.496 e. The molecule has 1 aliphatic rings. The fourth-order valence-corrected chi connectivity index (χ4v) is 2.70. The lowest BCUT2D eigenvalue weighted by Gasteiger charge is -2.19. The molecule has 0 bridgehead atoms. The van der Waals surface area contributed by atoms with Crippen molar-refractivity contribution in [2.75, 3.05) is 13.7 Å². The van der Waals surface area contributed by atoms with Crippen molar-refractivity contribution in [2.45, 2.75) is 44.2 Å². The van der Waals surface area contributed by atoms with E-state index < -0.39 is 0 Å². The van der Waals surface area contributed by atoms with Crippen LogP contribution in [0.3, 0.4) is 0 Å². The second kappa shape index (κ2) is 7.48. The number of nitrogens with two attached hydrogens (primary N) is 1. The number of para-hydroxylation sites is 1. The summed E-state index contributed by atoms with van der Waals surface area (Å²) in [6, 6.07) is 8.16. The highest BCUT2D eigenvalue weighted by Crippen LogP contribution is 2.28. The molecule has 106 valence electrons. The van der Waals surface area contributed by atoms with Crippen LogP contribution in [0.25, 0.3) is 0 Å². The fourth-order valence-electron chi connectivity index (χ4n) is 2.70. The Bertz CT molecular complexity index is 378. The number of nitrogens with one attached hydrogen (secondary N) is 1. The third-order valence-electron chi connectivity index (χ3n) is 3.76. The Hall–Kier alpha value is -1.10. The molecule has 3 N–H and O–H groups in total. The van der Waals surface area contributed by atoms with Gasteiger partial charge >= 0.3 is 0 Å². The van der Waals surface area contributed by atoms with Gasteiger partial charge < -0.3 is 9.47 Å². The molecule has 0 spiro atoms. The molecule has 1 aromatic rings. The standard InChI is InChI=1S/C15H24N2O2/c1-18-15-10-3-2-8-13(15)14(17-16)9-4-6-12-7-5-11-19-12/h2-3,8,10,12,14,17H,4-7,9,11,16H2,1H3. The van der Waals surface area contributed by atoms with Crippen molar-refractivity contribution in [2.24, 2.45) is 5.84 Å². The summed E-state index contributed by atoms with van der Waals surface area (Å²) in [5.74, 6) is 6.58. The van der Waals surface area contributed by atoms with E-state index in [0.717, 1.165) is 37.2 Å². The summed E-state index contributed by atoms with van der Waals surface area (Å²) in [6.45, 7) is 0.926. The highest BCUT2D eigenvalue weighted by atomic mass is 16.5. The maximum Gasteiger partial charge on any atom is 0.123 e. The van der Waals surface area contributed by atoms with Crippen LogP contribution in [0, 0.1) is 0 Å². The van der Waals surface area contributed by atoms with Crippen LogP contribution < -0.4 is 16.0 Å². The molecule has 0 amide bonds. The first-order valence-electron chi connectivity index (χ1n) is 7.05.